The zero-order valence-electron chi connectivity index (χ0n) is 13.7. The van der Waals surface area contributed by atoms with E-state index in [1.165, 1.54) is 5.38 Å². The number of benzene rings is 1. The highest BCUT2D eigenvalue weighted by Gasteiger charge is 2.50. The molecule has 0 radical (unpaired) electrons. The Hall–Kier alpha value is -2.84. The summed E-state index contributed by atoms with van der Waals surface area (Å²) >= 11 is 1.08. The summed E-state index contributed by atoms with van der Waals surface area (Å²) < 4.78 is 0. The van der Waals surface area contributed by atoms with Crippen molar-refractivity contribution >= 4 is 28.1 Å². The van der Waals surface area contributed by atoms with E-state index in [1.807, 2.05) is 5.32 Å². The molecule has 1 aromatic heterocycles. The number of hydrogen-bond donors (Lipinski definition) is 10. The minimum Gasteiger partial charge on any atom is -0.504 e. The van der Waals surface area contributed by atoms with Gasteiger partial charge in [-0.1, -0.05) is 0 Å². The van der Waals surface area contributed by atoms with Gasteiger partial charge in [0.1, 0.15) is 11.3 Å². The van der Waals surface area contributed by atoms with Gasteiger partial charge >= 0.3 is 0 Å². The number of carbonyl (C=O) groups is 1. The summed E-state index contributed by atoms with van der Waals surface area (Å²) in [7, 11) is 0. The molecule has 0 fully saturated rings. The van der Waals surface area contributed by atoms with Crippen LogP contribution in [-0.4, -0.2) is 57.5 Å². The van der Waals surface area contributed by atoms with Gasteiger partial charge in [-0.05, 0) is 6.92 Å². The van der Waals surface area contributed by atoms with E-state index in [1.54, 1.807) is 0 Å². The molecular weight excluding hydrogens is 386 g/mol. The minimum absolute atomic E-state index is 0.210. The molecule has 0 spiro atoms. The summed E-state index contributed by atoms with van der Waals surface area (Å²) in [5.74, 6) is -13.2. The summed E-state index contributed by atoms with van der Waals surface area (Å²) in [6.07, 6.45) is -0.328. The second-order valence-electron chi connectivity index (χ2n) is 5.74. The molecule has 0 aliphatic carbocycles. The molecule has 0 unspecified atom stereocenters. The highest BCUT2D eigenvalue weighted by atomic mass is 32.1. The van der Waals surface area contributed by atoms with Crippen LogP contribution >= 0.6 is 11.3 Å². The van der Waals surface area contributed by atoms with Crippen molar-refractivity contribution in [1.29, 1.82) is 0 Å². The van der Waals surface area contributed by atoms with Crippen LogP contribution in [0.5, 0.6) is 23.0 Å². The lowest BCUT2D eigenvalue weighted by Gasteiger charge is -2.33. The summed E-state index contributed by atoms with van der Waals surface area (Å²) in [5.41, 5.74) is 3.46. The largest absolute Gasteiger partial charge is 0.504 e. The predicted octanol–water partition coefficient (Wildman–Crippen LogP) is -1.43. The van der Waals surface area contributed by atoms with Crippen LogP contribution in [0.3, 0.4) is 0 Å². The number of rotatable bonds is 5. The number of nitrogen functional groups attached to an aromatic ring is 1. The van der Waals surface area contributed by atoms with Crippen molar-refractivity contribution in [2.24, 2.45) is 0 Å². The van der Waals surface area contributed by atoms with E-state index >= 15 is 0 Å². The van der Waals surface area contributed by atoms with Gasteiger partial charge in [0.05, 0.1) is 12.1 Å². The van der Waals surface area contributed by atoms with Crippen LogP contribution < -0.4 is 11.1 Å². The van der Waals surface area contributed by atoms with Gasteiger partial charge in [-0.15, -0.1) is 11.3 Å². The molecular formula is C14H17N3O9S. The molecule has 0 bridgehead atoms. The highest BCUT2D eigenvalue weighted by molar-refractivity contribution is 7.13. The van der Waals surface area contributed by atoms with E-state index in [0.29, 0.717) is 6.92 Å². The summed E-state index contributed by atoms with van der Waals surface area (Å²) in [6, 6.07) is 0. The number of hydrogen-bond acceptors (Lipinski definition) is 12. The molecule has 27 heavy (non-hydrogen) atoms. The molecule has 0 saturated carbocycles. The Morgan fingerprint density at radius 1 is 1.11 bits per heavy atom. The van der Waals surface area contributed by atoms with E-state index in [-0.39, 0.29) is 17.2 Å². The van der Waals surface area contributed by atoms with Crippen molar-refractivity contribution in [3.8, 4) is 23.0 Å². The second-order valence-corrected chi connectivity index (χ2v) is 6.63. The SMILES string of the molecule is CC(O)(O)C(O)(O)c1c(O)c(O)c(NC(=O)Cc2csc(N)n2)c(O)c1O. The van der Waals surface area contributed by atoms with E-state index in [0.717, 1.165) is 11.3 Å². The molecule has 1 amide bonds. The fraction of sp³-hybridized carbons (Fsp3) is 0.286. The number of aromatic nitrogens is 1. The van der Waals surface area contributed by atoms with Gasteiger partial charge in [0.25, 0.3) is 5.79 Å². The zero-order chi connectivity index (χ0) is 20.7. The lowest BCUT2D eigenvalue weighted by atomic mass is 9.94. The monoisotopic (exact) mass is 403 g/mol. The summed E-state index contributed by atoms with van der Waals surface area (Å²) in [6.45, 7) is 0.509. The first-order valence-corrected chi connectivity index (χ1v) is 8.04. The number of aromatic hydroxyl groups is 4. The number of phenolic OH excluding ortho intramolecular Hbond substituents is 4. The Kier molecular flexibility index (Phi) is 5.09. The number of amides is 1. The number of phenols is 4. The Balaban J connectivity index is 2.44. The first-order valence-electron chi connectivity index (χ1n) is 7.16. The van der Waals surface area contributed by atoms with Gasteiger partial charge in [0, 0.05) is 5.38 Å². The van der Waals surface area contributed by atoms with Gasteiger partial charge in [-0.25, -0.2) is 4.98 Å². The Bertz CT molecular complexity index is 860. The number of anilines is 2. The number of carbonyl (C=O) groups excluding carboxylic acids is 1. The molecule has 2 aromatic rings. The molecule has 0 saturated heterocycles. The molecule has 0 aliphatic rings. The zero-order valence-corrected chi connectivity index (χ0v) is 14.5. The number of nitrogens with one attached hydrogen (secondary N) is 1. The van der Waals surface area contributed by atoms with Crippen LogP contribution in [0.4, 0.5) is 10.8 Å². The third kappa shape index (κ3) is 3.67. The molecule has 11 N–H and O–H groups in total. The number of thiazole rings is 1. The minimum atomic E-state index is -3.70. The van der Waals surface area contributed by atoms with Crippen LogP contribution in [0.25, 0.3) is 0 Å². The van der Waals surface area contributed by atoms with E-state index in [9.17, 15) is 45.6 Å². The molecule has 0 aliphatic heterocycles. The van der Waals surface area contributed by atoms with Crippen LogP contribution in [-0.2, 0) is 17.0 Å². The molecule has 1 heterocycles. The quantitative estimate of drug-likeness (QED) is 0.158. The number of nitrogens with zero attached hydrogens (tertiary/aromatic N) is 1. The first kappa shape index (κ1) is 20.5. The van der Waals surface area contributed by atoms with Crippen molar-refractivity contribution in [3.63, 3.8) is 0 Å². The van der Waals surface area contributed by atoms with Crippen molar-refractivity contribution in [2.75, 3.05) is 11.1 Å². The molecule has 13 heteroatoms. The van der Waals surface area contributed by atoms with Crippen molar-refractivity contribution in [2.45, 2.75) is 24.9 Å². The topological polar surface area (TPSA) is 230 Å². The Morgan fingerprint density at radius 3 is 2.04 bits per heavy atom. The van der Waals surface area contributed by atoms with Crippen LogP contribution in [0, 0.1) is 0 Å². The third-order valence-electron chi connectivity index (χ3n) is 3.58. The smallest absolute Gasteiger partial charge is 0.253 e. The van der Waals surface area contributed by atoms with Gasteiger partial charge in [0.15, 0.2) is 28.1 Å². The maximum absolute atomic E-state index is 12.0. The van der Waals surface area contributed by atoms with Crippen molar-refractivity contribution in [1.82, 2.24) is 4.98 Å². The van der Waals surface area contributed by atoms with E-state index in [2.05, 4.69) is 4.98 Å². The predicted molar refractivity (Wildman–Crippen MR) is 90.9 cm³/mol. The number of aliphatic hydroxyl groups is 4. The normalized spacial score (nSPS) is 12.2. The maximum atomic E-state index is 12.0. The average Bonchev–Trinajstić information content (AvgIpc) is 2.93. The Labute approximate surface area is 155 Å². The lowest BCUT2D eigenvalue weighted by molar-refractivity contribution is -0.358. The van der Waals surface area contributed by atoms with Crippen molar-refractivity contribution < 1.29 is 45.6 Å². The molecule has 12 nitrogen and oxygen atoms in total. The average molecular weight is 403 g/mol. The van der Waals surface area contributed by atoms with Crippen LogP contribution in [0.15, 0.2) is 5.38 Å². The summed E-state index contributed by atoms with van der Waals surface area (Å²) in [4.78, 5) is 15.8. The van der Waals surface area contributed by atoms with Gasteiger partial charge in [-0.2, -0.15) is 0 Å². The van der Waals surface area contributed by atoms with Gasteiger partial charge in [0.2, 0.25) is 11.7 Å². The molecule has 2 rings (SSSR count). The standard InChI is InChI=1S/C14H17N3O9S/c1-13(23,24)14(25,26)6-8(19)10(21)7(11(22)9(6)20)17-5(18)2-4-3-27-12(15)16-4/h3,19-26H,2H2,1H3,(H2,15,16)(H,17,18). The Morgan fingerprint density at radius 2 is 1.63 bits per heavy atom. The van der Waals surface area contributed by atoms with Gasteiger partial charge < -0.3 is 51.9 Å². The highest BCUT2D eigenvalue weighted by Crippen LogP contribution is 2.54. The molecule has 1 aromatic carbocycles. The van der Waals surface area contributed by atoms with E-state index < -0.39 is 51.7 Å². The van der Waals surface area contributed by atoms with Gasteiger partial charge in [-0.3, -0.25) is 4.79 Å². The summed E-state index contributed by atoms with van der Waals surface area (Å²) in [5, 5.41) is 82.0. The maximum Gasteiger partial charge on any atom is 0.253 e. The molecule has 0 atom stereocenters. The third-order valence-corrected chi connectivity index (χ3v) is 4.30. The lowest BCUT2D eigenvalue weighted by Crippen LogP contribution is -2.49. The second kappa shape index (κ2) is 6.71. The fourth-order valence-corrected chi connectivity index (χ4v) is 2.70. The molecule has 148 valence electrons. The van der Waals surface area contributed by atoms with Crippen LogP contribution in [0.1, 0.15) is 18.2 Å². The number of nitrogens with two attached hydrogens (primary N) is 1. The van der Waals surface area contributed by atoms with E-state index in [4.69, 9.17) is 5.73 Å². The fourth-order valence-electron chi connectivity index (χ4n) is 2.14. The first-order chi connectivity index (χ1) is 12.3. The van der Waals surface area contributed by atoms with Crippen LogP contribution in [0.2, 0.25) is 0 Å². The van der Waals surface area contributed by atoms with Crippen molar-refractivity contribution in [3.05, 3.63) is 16.6 Å².